The fourth-order valence-corrected chi connectivity index (χ4v) is 4.14. The van der Waals surface area contributed by atoms with Gasteiger partial charge in [-0.3, -0.25) is 0 Å². The molecule has 0 fully saturated rings. The van der Waals surface area contributed by atoms with Crippen molar-refractivity contribution in [2.45, 2.75) is 51.6 Å². The zero-order valence-corrected chi connectivity index (χ0v) is 17.3. The molecule has 0 radical (unpaired) electrons. The van der Waals surface area contributed by atoms with Gasteiger partial charge in [0, 0.05) is 17.7 Å². The fraction of sp³-hybridized carbons (Fsp3) is 0.375. The number of nitriles is 1. The molecule has 1 aliphatic carbocycles. The highest BCUT2D eigenvalue weighted by atomic mass is 16.5. The summed E-state index contributed by atoms with van der Waals surface area (Å²) in [6.07, 6.45) is 3.86. The van der Waals surface area contributed by atoms with Gasteiger partial charge < -0.3 is 14.4 Å². The number of benzene rings is 2. The summed E-state index contributed by atoms with van der Waals surface area (Å²) in [5.41, 5.74) is 4.72. The Hall–Kier alpha value is -3.17. The van der Waals surface area contributed by atoms with Crippen molar-refractivity contribution in [2.75, 3.05) is 6.61 Å². The van der Waals surface area contributed by atoms with Gasteiger partial charge in [-0.1, -0.05) is 23.4 Å². The molecule has 0 saturated heterocycles. The molecule has 0 saturated carbocycles. The number of hydrogen-bond donors (Lipinski definition) is 1. The smallest absolute Gasteiger partial charge is 0.258 e. The Morgan fingerprint density at radius 2 is 2.17 bits per heavy atom. The lowest BCUT2D eigenvalue weighted by molar-refractivity contribution is 0.241. The Labute approximate surface area is 176 Å². The van der Waals surface area contributed by atoms with Gasteiger partial charge in [0.25, 0.3) is 5.89 Å². The summed E-state index contributed by atoms with van der Waals surface area (Å²) >= 11 is 0. The molecular weight excluding hydrogens is 378 g/mol. The summed E-state index contributed by atoms with van der Waals surface area (Å²) in [4.78, 5) is 4.61. The van der Waals surface area contributed by atoms with Crippen molar-refractivity contribution in [2.24, 2.45) is 0 Å². The van der Waals surface area contributed by atoms with Crippen LogP contribution in [-0.4, -0.2) is 28.0 Å². The van der Waals surface area contributed by atoms with Gasteiger partial charge in [0.1, 0.15) is 11.8 Å². The first-order chi connectivity index (χ1) is 14.6. The Morgan fingerprint density at radius 3 is 2.93 bits per heavy atom. The lowest BCUT2D eigenvalue weighted by atomic mass is 9.95. The highest BCUT2D eigenvalue weighted by Crippen LogP contribution is 2.40. The second-order valence-electron chi connectivity index (χ2n) is 7.89. The fourth-order valence-electron chi connectivity index (χ4n) is 4.14. The second-order valence-corrected chi connectivity index (χ2v) is 7.89. The molecule has 0 spiro atoms. The van der Waals surface area contributed by atoms with E-state index >= 15 is 0 Å². The van der Waals surface area contributed by atoms with Crippen LogP contribution in [0.15, 0.2) is 40.9 Å². The highest BCUT2D eigenvalue weighted by Gasteiger charge is 2.26. The maximum Gasteiger partial charge on any atom is 0.258 e. The average Bonchev–Trinajstić information content (AvgIpc) is 3.39. The monoisotopic (exact) mass is 403 g/mol. The number of aliphatic hydroxyl groups is 1. The number of hydrogen-bond acceptors (Lipinski definition) is 6. The number of aromatic nitrogens is 2. The summed E-state index contributed by atoms with van der Waals surface area (Å²) in [5, 5.41) is 22.8. The van der Waals surface area contributed by atoms with Crippen molar-refractivity contribution in [3.63, 3.8) is 0 Å². The predicted molar refractivity (Wildman–Crippen MR) is 113 cm³/mol. The first kappa shape index (κ1) is 20.1. The minimum Gasteiger partial charge on any atom is -0.490 e. The van der Waals surface area contributed by atoms with E-state index in [4.69, 9.17) is 14.4 Å². The van der Waals surface area contributed by atoms with E-state index in [1.165, 1.54) is 11.1 Å². The van der Waals surface area contributed by atoms with Crippen LogP contribution in [-0.2, 0) is 6.42 Å². The third-order valence-electron chi connectivity index (χ3n) is 5.48. The van der Waals surface area contributed by atoms with Gasteiger partial charge in [0.2, 0.25) is 5.82 Å². The number of rotatable bonds is 7. The van der Waals surface area contributed by atoms with Gasteiger partial charge in [-0.2, -0.15) is 10.2 Å². The highest BCUT2D eigenvalue weighted by molar-refractivity contribution is 5.67. The maximum atomic E-state index is 9.47. The Morgan fingerprint density at radius 1 is 1.30 bits per heavy atom. The molecule has 1 aliphatic rings. The molecular formula is C24H25N3O3. The van der Waals surface area contributed by atoms with Gasteiger partial charge in [-0.05, 0) is 74.8 Å². The third kappa shape index (κ3) is 3.94. The second kappa shape index (κ2) is 8.68. The molecule has 2 aromatic carbocycles. The van der Waals surface area contributed by atoms with Gasteiger partial charge >= 0.3 is 0 Å². The molecule has 1 heterocycles. The van der Waals surface area contributed by atoms with E-state index in [9.17, 15) is 5.26 Å². The van der Waals surface area contributed by atoms with Crippen LogP contribution in [0.3, 0.4) is 0 Å². The zero-order valence-electron chi connectivity index (χ0n) is 17.3. The molecule has 6 nitrogen and oxygen atoms in total. The first-order valence-electron chi connectivity index (χ1n) is 10.4. The van der Waals surface area contributed by atoms with Gasteiger partial charge in [-0.25, -0.2) is 0 Å². The Kier molecular flexibility index (Phi) is 5.82. The standard InChI is InChI=1S/C24H25N3O3/c1-15(2)29-22-11-9-17(13-18(22)14-25)24-26-23(27-30-24)21-7-3-6-19-16(5-4-12-28)8-10-20(19)21/h3,6-7,9,11,13,15-16,28H,4-5,8,10,12H2,1-2H3/t16-/m0/s1. The first-order valence-corrected chi connectivity index (χ1v) is 10.4. The normalized spacial score (nSPS) is 15.2. The van der Waals surface area contributed by atoms with E-state index in [0.717, 1.165) is 31.2 Å². The molecule has 0 aliphatic heterocycles. The lowest BCUT2D eigenvalue weighted by Gasteiger charge is -2.11. The number of nitrogens with zero attached hydrogens (tertiary/aromatic N) is 3. The van der Waals surface area contributed by atoms with Crippen molar-refractivity contribution in [3.8, 4) is 34.7 Å². The van der Waals surface area contributed by atoms with Crippen molar-refractivity contribution < 1.29 is 14.4 Å². The van der Waals surface area contributed by atoms with Crippen molar-refractivity contribution >= 4 is 0 Å². The molecule has 3 aromatic rings. The molecule has 0 amide bonds. The predicted octanol–water partition coefficient (Wildman–Crippen LogP) is 4.86. The quantitative estimate of drug-likeness (QED) is 0.605. The van der Waals surface area contributed by atoms with Crippen LogP contribution in [0.2, 0.25) is 0 Å². The summed E-state index contributed by atoms with van der Waals surface area (Å²) in [6, 6.07) is 13.7. The maximum absolute atomic E-state index is 9.47. The van der Waals surface area contributed by atoms with Crippen LogP contribution >= 0.6 is 0 Å². The largest absolute Gasteiger partial charge is 0.490 e. The van der Waals surface area contributed by atoms with Gasteiger partial charge in [0.15, 0.2) is 0 Å². The van der Waals surface area contributed by atoms with Crippen molar-refractivity contribution in [1.82, 2.24) is 10.1 Å². The van der Waals surface area contributed by atoms with E-state index in [2.05, 4.69) is 22.3 Å². The molecule has 1 aromatic heterocycles. The summed E-state index contributed by atoms with van der Waals surface area (Å²) < 4.78 is 11.2. The molecule has 0 unspecified atom stereocenters. The van der Waals surface area contributed by atoms with E-state index in [0.29, 0.717) is 34.5 Å². The van der Waals surface area contributed by atoms with Crippen LogP contribution in [0.1, 0.15) is 55.7 Å². The summed E-state index contributed by atoms with van der Waals surface area (Å²) in [6.45, 7) is 4.07. The van der Waals surface area contributed by atoms with E-state index in [1.54, 1.807) is 12.1 Å². The van der Waals surface area contributed by atoms with Crippen LogP contribution in [0.4, 0.5) is 0 Å². The number of fused-ring (bicyclic) bond motifs is 1. The molecule has 6 heteroatoms. The zero-order chi connectivity index (χ0) is 21.1. The van der Waals surface area contributed by atoms with Crippen molar-refractivity contribution in [3.05, 3.63) is 53.1 Å². The lowest BCUT2D eigenvalue weighted by Crippen LogP contribution is -2.06. The van der Waals surface area contributed by atoms with E-state index in [1.807, 2.05) is 32.0 Å². The Bertz CT molecular complexity index is 1080. The van der Waals surface area contributed by atoms with Crippen LogP contribution < -0.4 is 4.74 Å². The van der Waals surface area contributed by atoms with Crippen LogP contribution in [0.25, 0.3) is 22.8 Å². The van der Waals surface area contributed by atoms with E-state index < -0.39 is 0 Å². The molecule has 1 N–H and O–H groups in total. The molecule has 30 heavy (non-hydrogen) atoms. The van der Waals surface area contributed by atoms with Gasteiger partial charge in [-0.15, -0.1) is 0 Å². The average molecular weight is 403 g/mol. The third-order valence-corrected chi connectivity index (χ3v) is 5.48. The number of aliphatic hydroxyl groups excluding tert-OH is 1. The topological polar surface area (TPSA) is 92.2 Å². The van der Waals surface area contributed by atoms with Crippen LogP contribution in [0.5, 0.6) is 5.75 Å². The molecule has 0 bridgehead atoms. The van der Waals surface area contributed by atoms with E-state index in [-0.39, 0.29) is 12.7 Å². The minimum absolute atomic E-state index is 0.0145. The summed E-state index contributed by atoms with van der Waals surface area (Å²) in [5.74, 6) is 1.96. The van der Waals surface area contributed by atoms with Gasteiger partial charge in [0.05, 0.1) is 11.7 Å². The minimum atomic E-state index is -0.0145. The molecule has 1 atom stereocenters. The summed E-state index contributed by atoms with van der Waals surface area (Å²) in [7, 11) is 0. The van der Waals surface area contributed by atoms with Crippen LogP contribution in [0, 0.1) is 11.3 Å². The van der Waals surface area contributed by atoms with Crippen molar-refractivity contribution in [1.29, 1.82) is 5.26 Å². The number of ether oxygens (including phenoxy) is 1. The Balaban J connectivity index is 1.63. The SMILES string of the molecule is CC(C)Oc1ccc(-c2nc(-c3cccc4c3CC[C@@H]4CCCO)no2)cc1C#N. The molecule has 4 rings (SSSR count). The molecule has 154 valence electrons.